The van der Waals surface area contributed by atoms with Crippen molar-refractivity contribution in [3.63, 3.8) is 0 Å². The summed E-state index contributed by atoms with van der Waals surface area (Å²) in [6.07, 6.45) is 1.69. The number of esters is 1. The second-order valence-electron chi connectivity index (χ2n) is 6.40. The minimum atomic E-state index is -0.492. The monoisotopic (exact) mass is 512 g/mol. The number of allylic oxidation sites excluding steroid dienone is 1. The zero-order valence-corrected chi connectivity index (χ0v) is 18.4. The molecule has 0 aliphatic carbocycles. The molecule has 0 saturated heterocycles. The number of ether oxygens (including phenoxy) is 2. The molecule has 144 valence electrons. The summed E-state index contributed by atoms with van der Waals surface area (Å²) in [5, 5.41) is 0. The molecule has 0 fully saturated rings. The molecule has 29 heavy (non-hydrogen) atoms. The number of Topliss-reactive ketones (excluding diaryl/α,β-unsaturated/α-hetero) is 1. The largest absolute Gasteiger partial charge is 0.452 e. The Hall–Kier alpha value is -2.70. The summed E-state index contributed by atoms with van der Waals surface area (Å²) in [4.78, 5) is 25.3. The van der Waals surface area contributed by atoms with Gasteiger partial charge in [-0.25, -0.2) is 4.79 Å². The Morgan fingerprint density at radius 3 is 2.38 bits per heavy atom. The summed E-state index contributed by atoms with van der Waals surface area (Å²) < 4.78 is 12.9. The molecule has 0 unspecified atom stereocenters. The summed E-state index contributed by atoms with van der Waals surface area (Å²) in [6, 6.07) is 17.8. The standard InChI is InChI=1S/C23H14Br2O4/c1-13-19(29-23(27)15-7-3-5-9-18(15)25)11-10-16-21(26)20(28-22(13)16)12-14-6-2-4-8-17(14)24/h2-12H,1H3/b20-12-. The highest BCUT2D eigenvalue weighted by molar-refractivity contribution is 9.10. The van der Waals surface area contributed by atoms with Crippen LogP contribution in [0.25, 0.3) is 6.08 Å². The van der Waals surface area contributed by atoms with Crippen LogP contribution in [0, 0.1) is 6.92 Å². The number of halogens is 2. The average molecular weight is 514 g/mol. The van der Waals surface area contributed by atoms with Gasteiger partial charge in [0.15, 0.2) is 5.76 Å². The fraction of sp³-hybridized carbons (Fsp3) is 0.0435. The van der Waals surface area contributed by atoms with Crippen molar-refractivity contribution in [1.82, 2.24) is 0 Å². The predicted molar refractivity (Wildman–Crippen MR) is 117 cm³/mol. The second kappa shape index (κ2) is 7.97. The van der Waals surface area contributed by atoms with Crippen molar-refractivity contribution in [1.29, 1.82) is 0 Å². The Morgan fingerprint density at radius 2 is 1.66 bits per heavy atom. The summed E-state index contributed by atoms with van der Waals surface area (Å²) in [5.74, 6) is 0.283. The number of carbonyl (C=O) groups excluding carboxylic acids is 2. The van der Waals surface area contributed by atoms with Gasteiger partial charge >= 0.3 is 5.97 Å². The van der Waals surface area contributed by atoms with Gasteiger partial charge < -0.3 is 9.47 Å². The molecule has 1 heterocycles. The van der Waals surface area contributed by atoms with Gasteiger partial charge in [-0.15, -0.1) is 0 Å². The molecule has 4 nitrogen and oxygen atoms in total. The lowest BCUT2D eigenvalue weighted by Crippen LogP contribution is -2.10. The molecule has 0 atom stereocenters. The van der Waals surface area contributed by atoms with Crippen molar-refractivity contribution in [2.75, 3.05) is 0 Å². The minimum absolute atomic E-state index is 0.206. The molecular weight excluding hydrogens is 500 g/mol. The summed E-state index contributed by atoms with van der Waals surface area (Å²) in [6.45, 7) is 1.76. The first-order valence-electron chi connectivity index (χ1n) is 8.75. The van der Waals surface area contributed by atoms with E-state index >= 15 is 0 Å². The molecule has 0 bridgehead atoms. The van der Waals surface area contributed by atoms with Crippen molar-refractivity contribution < 1.29 is 19.1 Å². The van der Waals surface area contributed by atoms with Gasteiger partial charge in [-0.05, 0) is 64.8 Å². The topological polar surface area (TPSA) is 52.6 Å². The molecule has 0 saturated carbocycles. The third kappa shape index (κ3) is 3.78. The van der Waals surface area contributed by atoms with Gasteiger partial charge in [0.2, 0.25) is 5.78 Å². The van der Waals surface area contributed by atoms with Gasteiger partial charge in [0.25, 0.3) is 0 Å². The van der Waals surface area contributed by atoms with Crippen LogP contribution >= 0.6 is 31.9 Å². The van der Waals surface area contributed by atoms with Crippen LogP contribution in [0.15, 0.2) is 75.4 Å². The Kier molecular flexibility index (Phi) is 5.39. The number of rotatable bonds is 3. The highest BCUT2D eigenvalue weighted by Crippen LogP contribution is 2.40. The fourth-order valence-electron chi connectivity index (χ4n) is 2.99. The maximum Gasteiger partial charge on any atom is 0.344 e. The lowest BCUT2D eigenvalue weighted by Gasteiger charge is -2.10. The predicted octanol–water partition coefficient (Wildman–Crippen LogP) is 6.36. The average Bonchev–Trinajstić information content (AvgIpc) is 3.02. The molecule has 0 radical (unpaired) electrons. The number of carbonyl (C=O) groups is 2. The van der Waals surface area contributed by atoms with Crippen molar-refractivity contribution >= 4 is 49.7 Å². The van der Waals surface area contributed by atoms with Crippen molar-refractivity contribution in [3.05, 3.63) is 97.6 Å². The van der Waals surface area contributed by atoms with E-state index in [-0.39, 0.29) is 11.5 Å². The highest BCUT2D eigenvalue weighted by atomic mass is 79.9. The van der Waals surface area contributed by atoms with Crippen LogP contribution < -0.4 is 9.47 Å². The maximum atomic E-state index is 12.7. The fourth-order valence-corrected chi connectivity index (χ4v) is 3.84. The maximum absolute atomic E-state index is 12.7. The van der Waals surface area contributed by atoms with E-state index in [0.29, 0.717) is 32.7 Å². The first kappa shape index (κ1) is 19.6. The first-order chi connectivity index (χ1) is 14.0. The molecule has 3 aromatic rings. The van der Waals surface area contributed by atoms with Gasteiger partial charge in [0.1, 0.15) is 11.5 Å². The Bertz CT molecular complexity index is 1180. The van der Waals surface area contributed by atoms with Gasteiger partial charge in [-0.3, -0.25) is 4.79 Å². The van der Waals surface area contributed by atoms with Gasteiger partial charge in [0.05, 0.1) is 11.1 Å². The van der Waals surface area contributed by atoms with Crippen LogP contribution in [0.4, 0.5) is 0 Å². The van der Waals surface area contributed by atoms with Crippen molar-refractivity contribution in [3.8, 4) is 11.5 Å². The third-order valence-corrected chi connectivity index (χ3v) is 5.94. The van der Waals surface area contributed by atoms with Crippen LogP contribution in [-0.4, -0.2) is 11.8 Å². The molecule has 0 aromatic heterocycles. The van der Waals surface area contributed by atoms with E-state index in [2.05, 4.69) is 31.9 Å². The first-order valence-corrected chi connectivity index (χ1v) is 10.3. The summed E-state index contributed by atoms with van der Waals surface area (Å²) >= 11 is 6.82. The molecular formula is C23H14Br2O4. The molecule has 0 N–H and O–H groups in total. The third-order valence-electron chi connectivity index (χ3n) is 4.52. The molecule has 0 spiro atoms. The quantitative estimate of drug-likeness (QED) is 0.232. The van der Waals surface area contributed by atoms with Crippen molar-refractivity contribution in [2.24, 2.45) is 0 Å². The number of hydrogen-bond acceptors (Lipinski definition) is 4. The Morgan fingerprint density at radius 1 is 0.966 bits per heavy atom. The van der Waals surface area contributed by atoms with Crippen LogP contribution in [0.1, 0.15) is 31.8 Å². The Labute approximate surface area is 184 Å². The van der Waals surface area contributed by atoms with Crippen LogP contribution in [0.2, 0.25) is 0 Å². The molecule has 0 amide bonds. The van der Waals surface area contributed by atoms with E-state index < -0.39 is 5.97 Å². The van der Waals surface area contributed by atoms with E-state index in [4.69, 9.17) is 9.47 Å². The molecule has 1 aliphatic rings. The van der Waals surface area contributed by atoms with E-state index in [1.54, 1.807) is 43.3 Å². The number of benzene rings is 3. The molecule has 1 aliphatic heterocycles. The number of ketones is 1. The SMILES string of the molecule is Cc1c(OC(=O)c2ccccc2Br)ccc2c1O/C(=C\c1ccccc1Br)C2=O. The van der Waals surface area contributed by atoms with Crippen molar-refractivity contribution in [2.45, 2.75) is 6.92 Å². The van der Waals surface area contributed by atoms with Gasteiger partial charge in [-0.1, -0.05) is 46.3 Å². The van der Waals surface area contributed by atoms with Crippen LogP contribution in [-0.2, 0) is 0 Å². The number of fused-ring (bicyclic) bond motifs is 1. The molecule has 3 aromatic carbocycles. The smallest absolute Gasteiger partial charge is 0.344 e. The van der Waals surface area contributed by atoms with E-state index in [1.165, 1.54) is 0 Å². The van der Waals surface area contributed by atoms with Gasteiger partial charge in [0, 0.05) is 14.5 Å². The lowest BCUT2D eigenvalue weighted by molar-refractivity contribution is 0.0732. The highest BCUT2D eigenvalue weighted by Gasteiger charge is 2.30. The molecule has 4 rings (SSSR count). The minimum Gasteiger partial charge on any atom is -0.452 e. The summed E-state index contributed by atoms with van der Waals surface area (Å²) in [5.41, 5.74) is 2.29. The second-order valence-corrected chi connectivity index (χ2v) is 8.10. The number of hydrogen-bond donors (Lipinski definition) is 0. The van der Waals surface area contributed by atoms with E-state index in [0.717, 1.165) is 10.0 Å². The normalized spacial score (nSPS) is 13.9. The van der Waals surface area contributed by atoms with Gasteiger partial charge in [-0.2, -0.15) is 0 Å². The van der Waals surface area contributed by atoms with Crippen LogP contribution in [0.5, 0.6) is 11.5 Å². The van der Waals surface area contributed by atoms with Crippen LogP contribution in [0.3, 0.4) is 0 Å². The lowest BCUT2D eigenvalue weighted by atomic mass is 10.1. The Balaban J connectivity index is 1.64. The zero-order chi connectivity index (χ0) is 20.5. The molecule has 6 heteroatoms. The van der Waals surface area contributed by atoms with E-state index in [9.17, 15) is 9.59 Å². The van der Waals surface area contributed by atoms with E-state index in [1.807, 2.05) is 30.3 Å². The summed E-state index contributed by atoms with van der Waals surface area (Å²) in [7, 11) is 0. The zero-order valence-electron chi connectivity index (χ0n) is 15.2.